The Kier molecular flexibility index (Phi) is 1.99. The quantitative estimate of drug-likeness (QED) is 0.677. The largest absolute Gasteiger partial charge is 0.467 e. The van der Waals surface area contributed by atoms with E-state index in [1.165, 1.54) is 6.33 Å². The molecule has 0 aliphatic rings. The standard InChI is InChI=1S/C9H8N6O/c1-2-6(16-3-1)4-10-8-7-9(12-5-11-8)14-15-13-7/h1-3,5H,4H2,(H2,10,11,12,13,14,15). The predicted molar refractivity (Wildman–Crippen MR) is 55.5 cm³/mol. The van der Waals surface area contributed by atoms with E-state index in [2.05, 4.69) is 30.7 Å². The maximum atomic E-state index is 5.20. The molecule has 0 atom stereocenters. The van der Waals surface area contributed by atoms with Gasteiger partial charge < -0.3 is 9.73 Å². The van der Waals surface area contributed by atoms with E-state index in [1.807, 2.05) is 12.1 Å². The molecule has 3 aromatic rings. The van der Waals surface area contributed by atoms with Gasteiger partial charge in [0.2, 0.25) is 5.65 Å². The number of H-pyrrole nitrogens is 1. The number of fused-ring (bicyclic) bond motifs is 1. The Bertz CT molecular complexity index is 587. The molecule has 0 aliphatic heterocycles. The van der Waals surface area contributed by atoms with Crippen LogP contribution in [0.5, 0.6) is 0 Å². The van der Waals surface area contributed by atoms with Crippen LogP contribution in [-0.4, -0.2) is 25.4 Å². The molecule has 0 bridgehead atoms. The molecular formula is C9H8N6O. The van der Waals surface area contributed by atoms with Gasteiger partial charge in [0.15, 0.2) is 11.3 Å². The first-order valence-electron chi connectivity index (χ1n) is 4.71. The zero-order valence-corrected chi connectivity index (χ0v) is 8.21. The monoisotopic (exact) mass is 216 g/mol. The fourth-order valence-electron chi connectivity index (χ4n) is 1.39. The molecule has 3 heterocycles. The van der Waals surface area contributed by atoms with Crippen LogP contribution in [0.15, 0.2) is 29.1 Å². The van der Waals surface area contributed by atoms with Gasteiger partial charge in [0.1, 0.15) is 12.1 Å². The van der Waals surface area contributed by atoms with Gasteiger partial charge >= 0.3 is 0 Å². The molecule has 7 heteroatoms. The van der Waals surface area contributed by atoms with E-state index in [4.69, 9.17) is 4.42 Å². The number of aromatic amines is 1. The average Bonchev–Trinajstić information content (AvgIpc) is 2.97. The lowest BCUT2D eigenvalue weighted by Crippen LogP contribution is -2.01. The Morgan fingerprint density at radius 2 is 2.31 bits per heavy atom. The highest BCUT2D eigenvalue weighted by molar-refractivity contribution is 5.81. The summed E-state index contributed by atoms with van der Waals surface area (Å²) in [5.41, 5.74) is 1.16. The summed E-state index contributed by atoms with van der Waals surface area (Å²) in [6, 6.07) is 3.72. The molecule has 0 saturated carbocycles. The third kappa shape index (κ3) is 1.48. The van der Waals surface area contributed by atoms with E-state index in [9.17, 15) is 0 Å². The fourth-order valence-corrected chi connectivity index (χ4v) is 1.39. The third-order valence-electron chi connectivity index (χ3n) is 2.13. The van der Waals surface area contributed by atoms with Gasteiger partial charge in [-0.15, -0.1) is 5.10 Å². The summed E-state index contributed by atoms with van der Waals surface area (Å²) >= 11 is 0. The molecule has 0 amide bonds. The SMILES string of the molecule is c1coc(CNc2ncnc3n[nH]nc23)c1. The lowest BCUT2D eigenvalue weighted by molar-refractivity contribution is 0.518. The third-order valence-corrected chi connectivity index (χ3v) is 2.13. The minimum absolute atomic E-state index is 0.539. The van der Waals surface area contributed by atoms with Crippen molar-refractivity contribution in [3.05, 3.63) is 30.5 Å². The van der Waals surface area contributed by atoms with Crippen molar-refractivity contribution in [1.82, 2.24) is 25.4 Å². The summed E-state index contributed by atoms with van der Waals surface area (Å²) in [5.74, 6) is 1.46. The number of hydrogen-bond donors (Lipinski definition) is 2. The van der Waals surface area contributed by atoms with Crippen LogP contribution >= 0.6 is 0 Å². The topological polar surface area (TPSA) is 92.5 Å². The second kappa shape index (κ2) is 3.61. The Labute approximate surface area is 89.9 Å². The minimum Gasteiger partial charge on any atom is -0.467 e. The van der Waals surface area contributed by atoms with Gasteiger partial charge in [-0.1, -0.05) is 0 Å². The number of nitrogens with one attached hydrogen (secondary N) is 2. The Hall–Kier alpha value is -2.44. The van der Waals surface area contributed by atoms with E-state index in [0.29, 0.717) is 23.5 Å². The first kappa shape index (κ1) is 8.84. The molecule has 80 valence electrons. The molecule has 0 aromatic carbocycles. The van der Waals surface area contributed by atoms with Crippen LogP contribution in [0.2, 0.25) is 0 Å². The molecule has 3 aromatic heterocycles. The summed E-state index contributed by atoms with van der Waals surface area (Å²) < 4.78 is 5.20. The molecule has 0 unspecified atom stereocenters. The van der Waals surface area contributed by atoms with Crippen LogP contribution in [0.3, 0.4) is 0 Å². The van der Waals surface area contributed by atoms with E-state index < -0.39 is 0 Å². The fraction of sp³-hybridized carbons (Fsp3) is 0.111. The molecule has 0 radical (unpaired) electrons. The van der Waals surface area contributed by atoms with E-state index in [-0.39, 0.29) is 0 Å². The Morgan fingerprint density at radius 3 is 3.19 bits per heavy atom. The van der Waals surface area contributed by atoms with Crippen molar-refractivity contribution in [2.75, 3.05) is 5.32 Å². The highest BCUT2D eigenvalue weighted by Gasteiger charge is 2.07. The van der Waals surface area contributed by atoms with E-state index in [1.54, 1.807) is 6.26 Å². The minimum atomic E-state index is 0.539. The van der Waals surface area contributed by atoms with Gasteiger partial charge in [-0.25, -0.2) is 9.97 Å². The number of aromatic nitrogens is 5. The van der Waals surface area contributed by atoms with Gasteiger partial charge in [0, 0.05) is 0 Å². The van der Waals surface area contributed by atoms with Crippen molar-refractivity contribution in [3.8, 4) is 0 Å². The molecule has 16 heavy (non-hydrogen) atoms. The summed E-state index contributed by atoms with van der Waals surface area (Å²) in [4.78, 5) is 8.06. The van der Waals surface area contributed by atoms with Gasteiger partial charge in [-0.05, 0) is 12.1 Å². The van der Waals surface area contributed by atoms with Crippen molar-refractivity contribution < 1.29 is 4.42 Å². The van der Waals surface area contributed by atoms with Crippen LogP contribution in [0.25, 0.3) is 11.2 Å². The number of anilines is 1. The summed E-state index contributed by atoms with van der Waals surface area (Å²) in [6.07, 6.45) is 3.07. The van der Waals surface area contributed by atoms with Crippen molar-refractivity contribution in [2.24, 2.45) is 0 Å². The highest BCUT2D eigenvalue weighted by Crippen LogP contribution is 2.14. The van der Waals surface area contributed by atoms with Gasteiger partial charge in [0.25, 0.3) is 0 Å². The molecular weight excluding hydrogens is 208 g/mol. The van der Waals surface area contributed by atoms with Gasteiger partial charge in [0.05, 0.1) is 12.8 Å². The van der Waals surface area contributed by atoms with Crippen molar-refractivity contribution in [1.29, 1.82) is 0 Å². The normalized spacial score (nSPS) is 10.8. The number of hydrogen-bond acceptors (Lipinski definition) is 6. The lowest BCUT2D eigenvalue weighted by Gasteiger charge is -2.02. The van der Waals surface area contributed by atoms with Gasteiger partial charge in [-0.3, -0.25) is 0 Å². The predicted octanol–water partition coefficient (Wildman–Crippen LogP) is 0.953. The molecule has 0 spiro atoms. The number of furan rings is 1. The molecule has 0 saturated heterocycles. The van der Waals surface area contributed by atoms with Gasteiger partial charge in [-0.2, -0.15) is 10.3 Å². The maximum absolute atomic E-state index is 5.20. The van der Waals surface area contributed by atoms with E-state index in [0.717, 1.165) is 5.76 Å². The van der Waals surface area contributed by atoms with Crippen LogP contribution in [-0.2, 0) is 6.54 Å². The van der Waals surface area contributed by atoms with E-state index >= 15 is 0 Å². The second-order valence-electron chi connectivity index (χ2n) is 3.15. The molecule has 3 rings (SSSR count). The van der Waals surface area contributed by atoms with Crippen molar-refractivity contribution in [2.45, 2.75) is 6.54 Å². The zero-order chi connectivity index (χ0) is 10.8. The molecule has 0 aliphatic carbocycles. The highest BCUT2D eigenvalue weighted by atomic mass is 16.3. The van der Waals surface area contributed by atoms with Crippen LogP contribution in [0.4, 0.5) is 5.82 Å². The summed E-state index contributed by atoms with van der Waals surface area (Å²) in [5, 5.41) is 13.5. The zero-order valence-electron chi connectivity index (χ0n) is 8.21. The summed E-state index contributed by atoms with van der Waals surface area (Å²) in [7, 11) is 0. The number of rotatable bonds is 3. The first-order chi connectivity index (χ1) is 7.93. The maximum Gasteiger partial charge on any atom is 0.206 e. The Morgan fingerprint density at radius 1 is 1.31 bits per heavy atom. The van der Waals surface area contributed by atoms with Crippen molar-refractivity contribution in [3.63, 3.8) is 0 Å². The average molecular weight is 216 g/mol. The van der Waals surface area contributed by atoms with Crippen molar-refractivity contribution >= 4 is 17.0 Å². The molecule has 2 N–H and O–H groups in total. The molecule has 0 fully saturated rings. The number of nitrogens with zero attached hydrogens (tertiary/aromatic N) is 4. The smallest absolute Gasteiger partial charge is 0.206 e. The van der Waals surface area contributed by atoms with Crippen LogP contribution < -0.4 is 5.32 Å². The summed E-state index contributed by atoms with van der Waals surface area (Å²) in [6.45, 7) is 0.548. The van der Waals surface area contributed by atoms with Crippen LogP contribution in [0, 0.1) is 0 Å². The molecule has 7 nitrogen and oxygen atoms in total. The van der Waals surface area contributed by atoms with Crippen LogP contribution in [0.1, 0.15) is 5.76 Å². The Balaban J connectivity index is 1.86. The lowest BCUT2D eigenvalue weighted by atomic mass is 10.4. The second-order valence-corrected chi connectivity index (χ2v) is 3.15. The first-order valence-corrected chi connectivity index (χ1v) is 4.71.